The van der Waals surface area contributed by atoms with Crippen molar-refractivity contribution in [3.05, 3.63) is 46.2 Å². The number of thiophene rings is 1. The Labute approximate surface area is 126 Å². The zero-order valence-electron chi connectivity index (χ0n) is 11.6. The number of aromatic carboxylic acids is 1. The van der Waals surface area contributed by atoms with Crippen LogP contribution in [0, 0.1) is 0 Å². The molecule has 0 aliphatic carbocycles. The van der Waals surface area contributed by atoms with Gasteiger partial charge in [0, 0.05) is 5.56 Å². The van der Waals surface area contributed by atoms with Gasteiger partial charge < -0.3 is 15.2 Å². The van der Waals surface area contributed by atoms with Crippen molar-refractivity contribution < 1.29 is 19.4 Å². The fourth-order valence-corrected chi connectivity index (χ4v) is 2.41. The minimum absolute atomic E-state index is 0.0635. The third kappa shape index (κ3) is 3.82. The van der Waals surface area contributed by atoms with Gasteiger partial charge in [0.25, 0.3) is 5.91 Å². The number of amides is 1. The van der Waals surface area contributed by atoms with Crippen LogP contribution in [0.5, 0.6) is 5.75 Å². The highest BCUT2D eigenvalue weighted by molar-refractivity contribution is 7.12. The first kappa shape index (κ1) is 15.1. The zero-order valence-corrected chi connectivity index (χ0v) is 12.4. The fraction of sp³-hybridized carbons (Fsp3) is 0.200. The van der Waals surface area contributed by atoms with Gasteiger partial charge in [-0.15, -0.1) is 11.3 Å². The van der Waals surface area contributed by atoms with Crippen molar-refractivity contribution in [2.24, 2.45) is 0 Å². The first-order chi connectivity index (χ1) is 9.97. The van der Waals surface area contributed by atoms with E-state index in [1.54, 1.807) is 35.7 Å². The van der Waals surface area contributed by atoms with Gasteiger partial charge in [-0.1, -0.05) is 0 Å². The van der Waals surface area contributed by atoms with E-state index in [-0.39, 0.29) is 16.9 Å². The number of carbonyl (C=O) groups is 2. The van der Waals surface area contributed by atoms with Crippen LogP contribution < -0.4 is 10.1 Å². The molecule has 0 radical (unpaired) electrons. The monoisotopic (exact) mass is 305 g/mol. The van der Waals surface area contributed by atoms with Gasteiger partial charge in [0.15, 0.2) is 0 Å². The maximum Gasteiger partial charge on any atom is 0.348 e. The van der Waals surface area contributed by atoms with Gasteiger partial charge in [0.1, 0.15) is 10.6 Å². The number of rotatable bonds is 5. The maximum atomic E-state index is 12.1. The summed E-state index contributed by atoms with van der Waals surface area (Å²) in [5.41, 5.74) is 0.744. The molecule has 0 spiro atoms. The van der Waals surface area contributed by atoms with Crippen molar-refractivity contribution in [1.29, 1.82) is 0 Å². The van der Waals surface area contributed by atoms with E-state index >= 15 is 0 Å². The summed E-state index contributed by atoms with van der Waals surface area (Å²) in [4.78, 5) is 23.2. The van der Waals surface area contributed by atoms with Gasteiger partial charge in [-0.25, -0.2) is 4.79 Å². The van der Waals surface area contributed by atoms with Crippen LogP contribution in [0.4, 0.5) is 5.69 Å². The number of carboxylic acid groups (broad SMARTS) is 1. The summed E-state index contributed by atoms with van der Waals surface area (Å²) in [5, 5.41) is 13.2. The van der Waals surface area contributed by atoms with Crippen molar-refractivity contribution in [1.82, 2.24) is 0 Å². The van der Waals surface area contributed by atoms with E-state index in [1.165, 1.54) is 0 Å². The second kappa shape index (κ2) is 6.41. The van der Waals surface area contributed by atoms with E-state index in [0.717, 1.165) is 11.3 Å². The molecule has 1 amide bonds. The number of ether oxygens (including phenoxy) is 1. The van der Waals surface area contributed by atoms with Gasteiger partial charge >= 0.3 is 5.97 Å². The molecular formula is C15H15NO4S. The maximum absolute atomic E-state index is 12.1. The molecule has 6 heteroatoms. The van der Waals surface area contributed by atoms with E-state index < -0.39 is 5.97 Å². The van der Waals surface area contributed by atoms with E-state index in [1.807, 2.05) is 13.8 Å². The Morgan fingerprint density at radius 1 is 1.19 bits per heavy atom. The summed E-state index contributed by atoms with van der Waals surface area (Å²) in [6.07, 6.45) is 0.0635. The molecule has 1 aromatic heterocycles. The van der Waals surface area contributed by atoms with Gasteiger partial charge in [-0.3, -0.25) is 4.79 Å². The lowest BCUT2D eigenvalue weighted by molar-refractivity contribution is 0.0703. The molecule has 0 atom stereocenters. The van der Waals surface area contributed by atoms with Crippen molar-refractivity contribution in [2.75, 3.05) is 5.32 Å². The molecule has 0 bridgehead atoms. The highest BCUT2D eigenvalue weighted by atomic mass is 32.1. The molecule has 2 N–H and O–H groups in total. The SMILES string of the molecule is CC(C)Oc1ccc(C(=O)Nc2ccsc2C(=O)O)cc1. The molecular weight excluding hydrogens is 290 g/mol. The lowest BCUT2D eigenvalue weighted by Gasteiger charge is -2.10. The summed E-state index contributed by atoms with van der Waals surface area (Å²) in [6.45, 7) is 3.84. The number of carboxylic acids is 1. The molecule has 0 saturated heterocycles. The first-order valence-electron chi connectivity index (χ1n) is 6.36. The minimum atomic E-state index is -1.05. The number of hydrogen-bond donors (Lipinski definition) is 2. The van der Waals surface area contributed by atoms with Crippen LogP contribution >= 0.6 is 11.3 Å². The fourth-order valence-electron chi connectivity index (χ4n) is 1.72. The quantitative estimate of drug-likeness (QED) is 0.886. The Morgan fingerprint density at radius 3 is 2.43 bits per heavy atom. The standard InChI is InChI=1S/C15H15NO4S/c1-9(2)20-11-5-3-10(4-6-11)14(17)16-12-7-8-21-13(12)15(18)19/h3-9H,1-2H3,(H,16,17)(H,18,19). The second-order valence-corrected chi connectivity index (χ2v) is 5.53. The van der Waals surface area contributed by atoms with Crippen LogP contribution in [-0.2, 0) is 0 Å². The number of hydrogen-bond acceptors (Lipinski definition) is 4. The van der Waals surface area contributed by atoms with Crippen LogP contribution in [0.25, 0.3) is 0 Å². The lowest BCUT2D eigenvalue weighted by Crippen LogP contribution is -2.13. The third-order valence-electron chi connectivity index (χ3n) is 2.60. The first-order valence-corrected chi connectivity index (χ1v) is 7.24. The summed E-state index contributed by atoms with van der Waals surface area (Å²) in [6, 6.07) is 8.27. The molecule has 0 aliphatic heterocycles. The predicted octanol–water partition coefficient (Wildman–Crippen LogP) is 3.49. The summed E-state index contributed by atoms with van der Waals surface area (Å²) < 4.78 is 5.50. The number of anilines is 1. The molecule has 0 unspecified atom stereocenters. The average molecular weight is 305 g/mol. The zero-order chi connectivity index (χ0) is 15.4. The predicted molar refractivity (Wildman–Crippen MR) is 81.4 cm³/mol. The van der Waals surface area contributed by atoms with Crippen LogP contribution in [-0.4, -0.2) is 23.1 Å². The Hall–Kier alpha value is -2.34. The summed E-state index contributed by atoms with van der Waals surface area (Å²) in [7, 11) is 0. The number of benzene rings is 1. The normalized spacial score (nSPS) is 10.4. The molecule has 1 aromatic carbocycles. The number of carbonyl (C=O) groups excluding carboxylic acids is 1. The van der Waals surface area contributed by atoms with Gasteiger partial charge in [-0.05, 0) is 49.6 Å². The molecule has 2 aromatic rings. The molecule has 5 nitrogen and oxygen atoms in total. The lowest BCUT2D eigenvalue weighted by atomic mass is 10.2. The molecule has 110 valence electrons. The van der Waals surface area contributed by atoms with Crippen LogP contribution in [0.2, 0.25) is 0 Å². The molecule has 1 heterocycles. The molecule has 0 saturated carbocycles. The Kier molecular flexibility index (Phi) is 4.59. The van der Waals surface area contributed by atoms with Gasteiger partial charge in [-0.2, -0.15) is 0 Å². The molecule has 2 rings (SSSR count). The Balaban J connectivity index is 2.10. The molecule has 0 aliphatic rings. The van der Waals surface area contributed by atoms with Crippen molar-refractivity contribution in [3.8, 4) is 5.75 Å². The highest BCUT2D eigenvalue weighted by Gasteiger charge is 2.15. The van der Waals surface area contributed by atoms with E-state index in [9.17, 15) is 9.59 Å². The number of nitrogens with one attached hydrogen (secondary N) is 1. The summed E-state index contributed by atoms with van der Waals surface area (Å²) >= 11 is 1.07. The second-order valence-electron chi connectivity index (χ2n) is 4.61. The highest BCUT2D eigenvalue weighted by Crippen LogP contribution is 2.23. The summed E-state index contributed by atoms with van der Waals surface area (Å²) in [5.74, 6) is -0.726. The van der Waals surface area contributed by atoms with E-state index in [0.29, 0.717) is 17.0 Å². The average Bonchev–Trinajstić information content (AvgIpc) is 2.87. The third-order valence-corrected chi connectivity index (χ3v) is 3.50. The van der Waals surface area contributed by atoms with E-state index in [4.69, 9.17) is 9.84 Å². The minimum Gasteiger partial charge on any atom is -0.491 e. The molecule has 0 fully saturated rings. The van der Waals surface area contributed by atoms with Crippen LogP contribution in [0.3, 0.4) is 0 Å². The van der Waals surface area contributed by atoms with Crippen LogP contribution in [0.15, 0.2) is 35.7 Å². The van der Waals surface area contributed by atoms with Crippen molar-refractivity contribution >= 4 is 28.9 Å². The molecule has 21 heavy (non-hydrogen) atoms. The van der Waals surface area contributed by atoms with Crippen molar-refractivity contribution in [3.63, 3.8) is 0 Å². The Bertz CT molecular complexity index is 646. The van der Waals surface area contributed by atoms with Crippen molar-refractivity contribution in [2.45, 2.75) is 20.0 Å². The smallest absolute Gasteiger partial charge is 0.348 e. The Morgan fingerprint density at radius 2 is 1.86 bits per heavy atom. The largest absolute Gasteiger partial charge is 0.491 e. The van der Waals surface area contributed by atoms with Gasteiger partial charge in [0.05, 0.1) is 11.8 Å². The van der Waals surface area contributed by atoms with Gasteiger partial charge in [0.2, 0.25) is 0 Å². The van der Waals surface area contributed by atoms with E-state index in [2.05, 4.69) is 5.32 Å². The topological polar surface area (TPSA) is 75.6 Å². The van der Waals surface area contributed by atoms with Crippen LogP contribution in [0.1, 0.15) is 33.9 Å².